The van der Waals surface area contributed by atoms with E-state index in [2.05, 4.69) is 11.3 Å². The molecule has 0 aromatic heterocycles. The van der Waals surface area contributed by atoms with E-state index in [0.29, 0.717) is 26.1 Å². The van der Waals surface area contributed by atoms with E-state index >= 15 is 0 Å². The van der Waals surface area contributed by atoms with Crippen LogP contribution >= 0.6 is 0 Å². The summed E-state index contributed by atoms with van der Waals surface area (Å²) in [5.41, 5.74) is 1.08. The highest BCUT2D eigenvalue weighted by Crippen LogP contribution is 2.15. The van der Waals surface area contributed by atoms with Crippen LogP contribution in [0.3, 0.4) is 0 Å². The summed E-state index contributed by atoms with van der Waals surface area (Å²) in [5, 5.41) is 10.0. The van der Waals surface area contributed by atoms with Crippen LogP contribution in [-0.2, 0) is 20.9 Å². The Balaban J connectivity index is 2.32. The van der Waals surface area contributed by atoms with Crippen molar-refractivity contribution >= 4 is 5.97 Å². The number of allylic oxidation sites excluding steroid dienone is 1. The minimum atomic E-state index is -0.781. The number of aliphatic hydroxyl groups is 1. The highest BCUT2D eigenvalue weighted by atomic mass is 16.5. The first kappa shape index (κ1) is 16.4. The fraction of sp³-hybridized carbons (Fsp3) is 0.438. The van der Waals surface area contributed by atoms with E-state index < -0.39 is 18.0 Å². The molecule has 0 aliphatic carbocycles. The maximum absolute atomic E-state index is 11.5. The Morgan fingerprint density at radius 2 is 2.10 bits per heavy atom. The average molecular weight is 278 g/mol. The van der Waals surface area contributed by atoms with E-state index in [-0.39, 0.29) is 0 Å². The summed E-state index contributed by atoms with van der Waals surface area (Å²) in [7, 11) is 1.32. The molecule has 0 saturated heterocycles. The van der Waals surface area contributed by atoms with Gasteiger partial charge in [-0.3, -0.25) is 4.79 Å². The molecule has 0 bridgehead atoms. The summed E-state index contributed by atoms with van der Waals surface area (Å²) in [6, 6.07) is 9.80. The third-order valence-electron chi connectivity index (χ3n) is 3.06. The maximum atomic E-state index is 11.5. The van der Waals surface area contributed by atoms with Gasteiger partial charge in [-0.15, -0.1) is 6.58 Å². The number of hydrogen-bond donors (Lipinski definition) is 1. The Bertz CT molecular complexity index is 402. The van der Waals surface area contributed by atoms with E-state index in [9.17, 15) is 9.90 Å². The van der Waals surface area contributed by atoms with E-state index in [1.54, 1.807) is 6.08 Å². The van der Waals surface area contributed by atoms with Crippen molar-refractivity contribution in [3.63, 3.8) is 0 Å². The first-order valence-corrected chi connectivity index (χ1v) is 6.67. The standard InChI is InChI=1S/C16H22O4/c1-3-7-14(16(18)19-2)15(17)10-11-20-12-13-8-5-4-6-9-13/h3-6,8-9,14-15,17H,1,7,10-12H2,2H3/t14?,15-/m1/s1. The minimum Gasteiger partial charge on any atom is -0.469 e. The molecule has 2 atom stereocenters. The van der Waals surface area contributed by atoms with Gasteiger partial charge in [-0.25, -0.2) is 0 Å². The lowest BCUT2D eigenvalue weighted by Gasteiger charge is -2.19. The summed E-state index contributed by atoms with van der Waals surface area (Å²) in [5.74, 6) is -0.988. The molecule has 1 unspecified atom stereocenters. The number of esters is 1. The second-order valence-electron chi connectivity index (χ2n) is 4.55. The second-order valence-corrected chi connectivity index (χ2v) is 4.55. The molecule has 4 heteroatoms. The molecule has 0 fully saturated rings. The Morgan fingerprint density at radius 1 is 1.40 bits per heavy atom. The molecule has 1 aromatic rings. The Morgan fingerprint density at radius 3 is 2.70 bits per heavy atom. The number of benzene rings is 1. The molecule has 0 radical (unpaired) electrons. The lowest BCUT2D eigenvalue weighted by atomic mass is 9.96. The summed E-state index contributed by atoms with van der Waals surface area (Å²) in [6.45, 7) is 4.47. The van der Waals surface area contributed by atoms with Gasteiger partial charge < -0.3 is 14.6 Å². The predicted octanol–water partition coefficient (Wildman–Crippen LogP) is 2.32. The highest BCUT2D eigenvalue weighted by molar-refractivity contribution is 5.73. The van der Waals surface area contributed by atoms with Crippen molar-refractivity contribution in [2.45, 2.75) is 25.6 Å². The Labute approximate surface area is 120 Å². The third kappa shape index (κ3) is 5.55. The smallest absolute Gasteiger partial charge is 0.311 e. The number of carbonyl (C=O) groups is 1. The molecule has 1 N–H and O–H groups in total. The Hall–Kier alpha value is -1.65. The molecule has 1 aromatic carbocycles. The van der Waals surface area contributed by atoms with Gasteiger partial charge in [0.05, 0.1) is 25.7 Å². The zero-order valence-electron chi connectivity index (χ0n) is 11.8. The van der Waals surface area contributed by atoms with E-state index in [1.165, 1.54) is 7.11 Å². The van der Waals surface area contributed by atoms with Gasteiger partial charge in [-0.05, 0) is 18.4 Å². The summed E-state index contributed by atoms with van der Waals surface area (Å²) >= 11 is 0. The molecule has 4 nitrogen and oxygen atoms in total. The molecular formula is C16H22O4. The van der Waals surface area contributed by atoms with Crippen molar-refractivity contribution in [3.8, 4) is 0 Å². The third-order valence-corrected chi connectivity index (χ3v) is 3.06. The van der Waals surface area contributed by atoms with Crippen molar-refractivity contribution < 1.29 is 19.4 Å². The predicted molar refractivity (Wildman–Crippen MR) is 77.0 cm³/mol. The van der Waals surface area contributed by atoms with E-state index in [4.69, 9.17) is 4.74 Å². The lowest BCUT2D eigenvalue weighted by Crippen LogP contribution is -2.30. The van der Waals surface area contributed by atoms with Gasteiger partial charge in [-0.2, -0.15) is 0 Å². The number of ether oxygens (including phenoxy) is 2. The van der Waals surface area contributed by atoms with Crippen LogP contribution in [0.5, 0.6) is 0 Å². The van der Waals surface area contributed by atoms with Crippen LogP contribution in [0.2, 0.25) is 0 Å². The van der Waals surface area contributed by atoms with Crippen LogP contribution in [0.15, 0.2) is 43.0 Å². The monoisotopic (exact) mass is 278 g/mol. The van der Waals surface area contributed by atoms with Gasteiger partial charge in [0.25, 0.3) is 0 Å². The molecule has 0 aliphatic heterocycles. The van der Waals surface area contributed by atoms with E-state index in [1.807, 2.05) is 30.3 Å². The van der Waals surface area contributed by atoms with Gasteiger partial charge in [0.1, 0.15) is 0 Å². The maximum Gasteiger partial charge on any atom is 0.311 e. The van der Waals surface area contributed by atoms with Crippen LogP contribution in [-0.4, -0.2) is 30.9 Å². The van der Waals surface area contributed by atoms with Crippen LogP contribution in [0.4, 0.5) is 0 Å². The zero-order chi connectivity index (χ0) is 14.8. The fourth-order valence-electron chi connectivity index (χ4n) is 1.91. The second kappa shape index (κ2) is 9.28. The first-order chi connectivity index (χ1) is 9.69. The molecule has 1 rings (SSSR count). The number of methoxy groups -OCH3 is 1. The van der Waals surface area contributed by atoms with Crippen molar-refractivity contribution in [3.05, 3.63) is 48.6 Å². The molecule has 0 saturated carbocycles. The van der Waals surface area contributed by atoms with Gasteiger partial charge in [-0.1, -0.05) is 36.4 Å². The van der Waals surface area contributed by atoms with Gasteiger partial charge in [0.2, 0.25) is 0 Å². The molecule has 0 amide bonds. The van der Waals surface area contributed by atoms with Crippen molar-refractivity contribution in [1.29, 1.82) is 0 Å². The number of rotatable bonds is 9. The molecule has 0 heterocycles. The van der Waals surface area contributed by atoms with Gasteiger partial charge in [0, 0.05) is 6.61 Å². The van der Waals surface area contributed by atoms with Gasteiger partial charge in [0.15, 0.2) is 0 Å². The molecule has 0 spiro atoms. The molecule has 0 aliphatic rings. The normalized spacial score (nSPS) is 13.5. The van der Waals surface area contributed by atoms with E-state index in [0.717, 1.165) is 5.56 Å². The number of hydrogen-bond acceptors (Lipinski definition) is 4. The summed E-state index contributed by atoms with van der Waals surface area (Å²) in [6.07, 6.45) is 1.61. The zero-order valence-corrected chi connectivity index (χ0v) is 11.8. The topological polar surface area (TPSA) is 55.8 Å². The largest absolute Gasteiger partial charge is 0.469 e. The van der Waals surface area contributed by atoms with Gasteiger partial charge >= 0.3 is 5.97 Å². The van der Waals surface area contributed by atoms with Crippen LogP contribution in [0.25, 0.3) is 0 Å². The summed E-state index contributed by atoms with van der Waals surface area (Å²) < 4.78 is 10.2. The Kier molecular flexibility index (Phi) is 7.62. The quantitative estimate of drug-likeness (QED) is 0.428. The fourth-order valence-corrected chi connectivity index (χ4v) is 1.91. The van der Waals surface area contributed by atoms with Crippen LogP contribution in [0, 0.1) is 5.92 Å². The van der Waals surface area contributed by atoms with Crippen molar-refractivity contribution in [1.82, 2.24) is 0 Å². The van der Waals surface area contributed by atoms with Crippen molar-refractivity contribution in [2.24, 2.45) is 5.92 Å². The van der Waals surface area contributed by atoms with Crippen molar-refractivity contribution in [2.75, 3.05) is 13.7 Å². The molecular weight excluding hydrogens is 256 g/mol. The number of carbonyl (C=O) groups excluding carboxylic acids is 1. The summed E-state index contributed by atoms with van der Waals surface area (Å²) in [4.78, 5) is 11.5. The first-order valence-electron chi connectivity index (χ1n) is 6.67. The lowest BCUT2D eigenvalue weighted by molar-refractivity contribution is -0.149. The van der Waals surface area contributed by atoms with Crippen LogP contribution in [0.1, 0.15) is 18.4 Å². The average Bonchev–Trinajstić information content (AvgIpc) is 2.49. The van der Waals surface area contributed by atoms with Crippen LogP contribution < -0.4 is 0 Å². The molecule has 20 heavy (non-hydrogen) atoms. The SMILES string of the molecule is C=CCC(C(=O)OC)[C@H](O)CCOCc1ccccc1. The minimum absolute atomic E-state index is 0.389. The highest BCUT2D eigenvalue weighted by Gasteiger charge is 2.26. The number of aliphatic hydroxyl groups excluding tert-OH is 1. The molecule has 110 valence electrons.